The summed E-state index contributed by atoms with van der Waals surface area (Å²) in [6, 6.07) is 18.2. The average molecular weight is 223 g/mol. The molecule has 0 spiro atoms. The third-order valence-electron chi connectivity index (χ3n) is 2.66. The van der Waals surface area contributed by atoms with Crippen molar-refractivity contribution in [3.05, 3.63) is 54.1 Å². The minimum Gasteiger partial charge on any atom is -0.496 e. The lowest BCUT2D eigenvalue weighted by Crippen LogP contribution is -1.91. The van der Waals surface area contributed by atoms with Crippen molar-refractivity contribution in [2.45, 2.75) is 6.42 Å². The lowest BCUT2D eigenvalue weighted by atomic mass is 10.0. The quantitative estimate of drug-likeness (QED) is 0.798. The van der Waals surface area contributed by atoms with Crippen molar-refractivity contribution in [2.24, 2.45) is 0 Å². The number of nitriles is 1. The van der Waals surface area contributed by atoms with E-state index in [1.807, 2.05) is 36.4 Å². The molecule has 0 aliphatic rings. The second kappa shape index (κ2) is 5.18. The Labute approximate surface area is 101 Å². The Hall–Kier alpha value is -2.27. The van der Waals surface area contributed by atoms with Gasteiger partial charge in [-0.25, -0.2) is 0 Å². The maximum atomic E-state index is 8.72. The van der Waals surface area contributed by atoms with Crippen LogP contribution >= 0.6 is 0 Å². The summed E-state index contributed by atoms with van der Waals surface area (Å²) in [5.74, 6) is 0.771. The minimum atomic E-state index is 0.373. The molecule has 17 heavy (non-hydrogen) atoms. The zero-order valence-corrected chi connectivity index (χ0v) is 9.68. The molecule has 0 unspecified atom stereocenters. The Morgan fingerprint density at radius 2 is 1.82 bits per heavy atom. The van der Waals surface area contributed by atoms with Crippen molar-refractivity contribution < 1.29 is 4.74 Å². The first kappa shape index (κ1) is 11.2. The topological polar surface area (TPSA) is 33.0 Å². The van der Waals surface area contributed by atoms with E-state index in [4.69, 9.17) is 10.00 Å². The van der Waals surface area contributed by atoms with Crippen LogP contribution in [0.1, 0.15) is 5.56 Å². The van der Waals surface area contributed by atoms with Crippen LogP contribution in [0, 0.1) is 11.3 Å². The van der Waals surface area contributed by atoms with E-state index in [9.17, 15) is 0 Å². The SMILES string of the molecule is COc1cc(-c2ccccc2)ccc1CC#N. The molecule has 0 N–H and O–H groups in total. The maximum Gasteiger partial charge on any atom is 0.123 e. The molecule has 2 nitrogen and oxygen atoms in total. The smallest absolute Gasteiger partial charge is 0.123 e. The van der Waals surface area contributed by atoms with Crippen LogP contribution < -0.4 is 4.74 Å². The molecule has 0 bridgehead atoms. The molecule has 0 radical (unpaired) electrons. The average Bonchev–Trinajstić information content (AvgIpc) is 2.40. The lowest BCUT2D eigenvalue weighted by molar-refractivity contribution is 0.411. The van der Waals surface area contributed by atoms with Crippen molar-refractivity contribution in [2.75, 3.05) is 7.11 Å². The van der Waals surface area contributed by atoms with Crippen molar-refractivity contribution in [1.29, 1.82) is 5.26 Å². The van der Waals surface area contributed by atoms with Crippen LogP contribution in [0.4, 0.5) is 0 Å². The Morgan fingerprint density at radius 3 is 2.47 bits per heavy atom. The second-order valence-corrected chi connectivity index (χ2v) is 3.73. The highest BCUT2D eigenvalue weighted by atomic mass is 16.5. The highest BCUT2D eigenvalue weighted by Gasteiger charge is 2.05. The van der Waals surface area contributed by atoms with Gasteiger partial charge in [-0.05, 0) is 17.2 Å². The standard InChI is InChI=1S/C15H13NO/c1-17-15-11-14(8-7-13(15)9-10-16)12-5-3-2-4-6-12/h2-8,11H,9H2,1H3. The van der Waals surface area contributed by atoms with E-state index < -0.39 is 0 Å². The molecule has 2 aromatic rings. The number of ether oxygens (including phenoxy) is 1. The summed E-state index contributed by atoms with van der Waals surface area (Å²) in [5.41, 5.74) is 3.17. The van der Waals surface area contributed by atoms with Crippen LogP contribution in [0.5, 0.6) is 5.75 Å². The van der Waals surface area contributed by atoms with Gasteiger partial charge in [0, 0.05) is 5.56 Å². The van der Waals surface area contributed by atoms with Gasteiger partial charge in [0.25, 0.3) is 0 Å². The zero-order valence-electron chi connectivity index (χ0n) is 9.68. The van der Waals surface area contributed by atoms with Gasteiger partial charge in [0.05, 0.1) is 19.6 Å². The fraction of sp³-hybridized carbons (Fsp3) is 0.133. The lowest BCUT2D eigenvalue weighted by Gasteiger charge is -2.08. The molecule has 0 atom stereocenters. The Kier molecular flexibility index (Phi) is 3.42. The van der Waals surface area contributed by atoms with Gasteiger partial charge in [-0.3, -0.25) is 0 Å². The molecule has 0 aromatic heterocycles. The molecule has 2 rings (SSSR count). The second-order valence-electron chi connectivity index (χ2n) is 3.73. The van der Waals surface area contributed by atoms with Crippen molar-refractivity contribution in [3.8, 4) is 22.9 Å². The Balaban J connectivity index is 2.42. The monoisotopic (exact) mass is 223 g/mol. The molecule has 0 fully saturated rings. The summed E-state index contributed by atoms with van der Waals surface area (Å²) >= 11 is 0. The van der Waals surface area contributed by atoms with Crippen LogP contribution in [0.15, 0.2) is 48.5 Å². The van der Waals surface area contributed by atoms with Crippen LogP contribution in [0.2, 0.25) is 0 Å². The van der Waals surface area contributed by atoms with Crippen LogP contribution in [0.3, 0.4) is 0 Å². The molecule has 2 heteroatoms. The third-order valence-corrected chi connectivity index (χ3v) is 2.66. The molecule has 2 aromatic carbocycles. The van der Waals surface area contributed by atoms with E-state index in [0.717, 1.165) is 22.4 Å². The molecular weight excluding hydrogens is 210 g/mol. The fourth-order valence-electron chi connectivity index (χ4n) is 1.79. The van der Waals surface area contributed by atoms with Gasteiger partial charge < -0.3 is 4.74 Å². The fourth-order valence-corrected chi connectivity index (χ4v) is 1.79. The molecule has 0 heterocycles. The van der Waals surface area contributed by atoms with Crippen LogP contribution in [-0.2, 0) is 6.42 Å². The van der Waals surface area contributed by atoms with E-state index >= 15 is 0 Å². The van der Waals surface area contributed by atoms with Gasteiger partial charge in [0.1, 0.15) is 5.75 Å². The van der Waals surface area contributed by atoms with Crippen LogP contribution in [-0.4, -0.2) is 7.11 Å². The molecule has 0 amide bonds. The van der Waals surface area contributed by atoms with Gasteiger partial charge in [-0.2, -0.15) is 5.26 Å². The van der Waals surface area contributed by atoms with Gasteiger partial charge in [0.2, 0.25) is 0 Å². The number of hydrogen-bond acceptors (Lipinski definition) is 2. The van der Waals surface area contributed by atoms with Gasteiger partial charge in [0.15, 0.2) is 0 Å². The highest BCUT2D eigenvalue weighted by Crippen LogP contribution is 2.27. The van der Waals surface area contributed by atoms with Gasteiger partial charge in [-0.15, -0.1) is 0 Å². The van der Waals surface area contributed by atoms with E-state index in [2.05, 4.69) is 18.2 Å². The van der Waals surface area contributed by atoms with Gasteiger partial charge in [-0.1, -0.05) is 42.5 Å². The number of benzene rings is 2. The summed E-state index contributed by atoms with van der Waals surface area (Å²) < 4.78 is 5.31. The van der Waals surface area contributed by atoms with E-state index in [1.54, 1.807) is 7.11 Å². The summed E-state index contributed by atoms with van der Waals surface area (Å²) in [6.07, 6.45) is 0.373. The number of methoxy groups -OCH3 is 1. The van der Waals surface area contributed by atoms with E-state index in [1.165, 1.54) is 0 Å². The van der Waals surface area contributed by atoms with Crippen molar-refractivity contribution in [3.63, 3.8) is 0 Å². The summed E-state index contributed by atoms with van der Waals surface area (Å²) in [5, 5.41) is 8.72. The summed E-state index contributed by atoms with van der Waals surface area (Å²) in [4.78, 5) is 0. The van der Waals surface area contributed by atoms with E-state index in [0.29, 0.717) is 6.42 Å². The molecule has 0 aliphatic carbocycles. The predicted octanol–water partition coefficient (Wildman–Crippen LogP) is 3.43. The number of rotatable bonds is 3. The molecule has 0 aliphatic heterocycles. The number of hydrogen-bond donors (Lipinski definition) is 0. The van der Waals surface area contributed by atoms with E-state index in [-0.39, 0.29) is 0 Å². The molecular formula is C15H13NO. The third kappa shape index (κ3) is 2.46. The summed E-state index contributed by atoms with van der Waals surface area (Å²) in [6.45, 7) is 0. The molecule has 0 saturated heterocycles. The first-order valence-corrected chi connectivity index (χ1v) is 5.44. The Bertz CT molecular complexity index is 541. The first-order valence-electron chi connectivity index (χ1n) is 5.44. The Morgan fingerprint density at radius 1 is 1.06 bits per heavy atom. The van der Waals surface area contributed by atoms with Gasteiger partial charge >= 0.3 is 0 Å². The van der Waals surface area contributed by atoms with Crippen molar-refractivity contribution in [1.82, 2.24) is 0 Å². The summed E-state index contributed by atoms with van der Waals surface area (Å²) in [7, 11) is 1.63. The minimum absolute atomic E-state index is 0.373. The molecule has 84 valence electrons. The highest BCUT2D eigenvalue weighted by molar-refractivity contribution is 5.66. The maximum absolute atomic E-state index is 8.72. The largest absolute Gasteiger partial charge is 0.496 e. The first-order chi connectivity index (χ1) is 8.35. The number of nitrogens with zero attached hydrogens (tertiary/aromatic N) is 1. The van der Waals surface area contributed by atoms with Crippen molar-refractivity contribution >= 4 is 0 Å². The van der Waals surface area contributed by atoms with Crippen LogP contribution in [0.25, 0.3) is 11.1 Å². The predicted molar refractivity (Wildman–Crippen MR) is 67.7 cm³/mol. The zero-order chi connectivity index (χ0) is 12.1. The molecule has 0 saturated carbocycles. The normalized spacial score (nSPS) is 9.65.